The van der Waals surface area contributed by atoms with Gasteiger partial charge in [-0.3, -0.25) is 14.6 Å². The Morgan fingerprint density at radius 2 is 2.19 bits per heavy atom. The molecule has 0 spiro atoms. The molecule has 1 aromatic carbocycles. The number of hydrogen-bond acceptors (Lipinski definition) is 5. The van der Waals surface area contributed by atoms with E-state index < -0.39 is 11.4 Å². The maximum absolute atomic E-state index is 12.4. The number of carbonyl (C=O) groups is 1. The van der Waals surface area contributed by atoms with Gasteiger partial charge in [0.25, 0.3) is 0 Å². The molecule has 2 saturated heterocycles. The molecule has 144 valence electrons. The first-order chi connectivity index (χ1) is 12.6. The van der Waals surface area contributed by atoms with Crippen LogP contribution < -0.4 is 0 Å². The lowest BCUT2D eigenvalue weighted by Gasteiger charge is -2.53. The third-order valence-electron chi connectivity index (χ3n) is 5.97. The largest absolute Gasteiger partial charge is 0.481 e. The Balaban J connectivity index is 1.80. The van der Waals surface area contributed by atoms with Crippen LogP contribution in [0.5, 0.6) is 0 Å². The number of fused-ring (bicyclic) bond motifs is 1. The molecule has 0 unspecified atom stereocenters. The Morgan fingerprint density at radius 3 is 2.92 bits per heavy atom. The number of piperidine rings is 2. The van der Waals surface area contributed by atoms with Crippen LogP contribution in [0.25, 0.3) is 0 Å². The van der Waals surface area contributed by atoms with Crippen LogP contribution in [-0.2, 0) is 16.1 Å². The Bertz CT molecular complexity index is 627. The third kappa shape index (κ3) is 3.93. The molecule has 2 aliphatic heterocycles. The van der Waals surface area contributed by atoms with Crippen molar-refractivity contribution in [3.63, 3.8) is 0 Å². The van der Waals surface area contributed by atoms with Gasteiger partial charge in [-0.1, -0.05) is 18.2 Å². The average Bonchev–Trinajstić information content (AvgIpc) is 2.66. The minimum Gasteiger partial charge on any atom is -0.481 e. The second-order valence-electron chi connectivity index (χ2n) is 7.42. The highest BCUT2D eigenvalue weighted by Gasteiger charge is 2.53. The number of hydrogen-bond donors (Lipinski definition) is 1. The summed E-state index contributed by atoms with van der Waals surface area (Å²) < 4.78 is 5.20. The first kappa shape index (κ1) is 19.7. The highest BCUT2D eigenvalue weighted by atomic mass is 32.2. The lowest BCUT2D eigenvalue weighted by atomic mass is 9.69. The highest BCUT2D eigenvalue weighted by Crippen LogP contribution is 2.42. The van der Waals surface area contributed by atoms with Crippen LogP contribution in [0.1, 0.15) is 24.8 Å². The molecule has 1 N–H and O–H groups in total. The monoisotopic (exact) mass is 378 g/mol. The van der Waals surface area contributed by atoms with Crippen molar-refractivity contribution in [2.45, 2.75) is 36.7 Å². The summed E-state index contributed by atoms with van der Waals surface area (Å²) in [5.74, 6) is -0.632. The fourth-order valence-corrected chi connectivity index (χ4v) is 5.28. The van der Waals surface area contributed by atoms with Gasteiger partial charge >= 0.3 is 5.97 Å². The molecule has 2 fully saturated rings. The maximum Gasteiger partial charge on any atom is 0.312 e. The van der Waals surface area contributed by atoms with Gasteiger partial charge in [-0.25, -0.2) is 0 Å². The van der Waals surface area contributed by atoms with Gasteiger partial charge in [0.15, 0.2) is 0 Å². The summed E-state index contributed by atoms with van der Waals surface area (Å²) >= 11 is 1.76. The zero-order valence-corrected chi connectivity index (χ0v) is 16.6. The Labute approximate surface area is 160 Å². The van der Waals surface area contributed by atoms with E-state index in [1.54, 1.807) is 18.9 Å². The SMILES string of the molecule is COCCN1CC[C@H]2N(Cc3ccccc3SC)CCC[C@]2(C(=O)O)C1. The van der Waals surface area contributed by atoms with Gasteiger partial charge in [0.05, 0.1) is 12.0 Å². The smallest absolute Gasteiger partial charge is 0.312 e. The minimum absolute atomic E-state index is 0.113. The highest BCUT2D eigenvalue weighted by molar-refractivity contribution is 7.98. The third-order valence-corrected chi connectivity index (χ3v) is 6.81. The van der Waals surface area contributed by atoms with Crippen molar-refractivity contribution in [1.82, 2.24) is 9.80 Å². The molecule has 2 atom stereocenters. The van der Waals surface area contributed by atoms with Crippen molar-refractivity contribution in [3.8, 4) is 0 Å². The van der Waals surface area contributed by atoms with Crippen molar-refractivity contribution >= 4 is 17.7 Å². The summed E-state index contributed by atoms with van der Waals surface area (Å²) in [5, 5.41) is 10.2. The number of benzene rings is 1. The van der Waals surface area contributed by atoms with E-state index in [0.29, 0.717) is 13.2 Å². The number of carboxylic acids is 1. The lowest BCUT2D eigenvalue weighted by molar-refractivity contribution is -0.164. The van der Waals surface area contributed by atoms with Gasteiger partial charge in [-0.2, -0.15) is 0 Å². The van der Waals surface area contributed by atoms with E-state index in [9.17, 15) is 9.90 Å². The van der Waals surface area contributed by atoms with Crippen molar-refractivity contribution in [2.75, 3.05) is 46.2 Å². The molecule has 3 rings (SSSR count). The maximum atomic E-state index is 12.4. The number of carboxylic acid groups (broad SMARTS) is 1. The van der Waals surface area contributed by atoms with Crippen molar-refractivity contribution in [1.29, 1.82) is 0 Å². The number of nitrogens with zero attached hydrogens (tertiary/aromatic N) is 2. The molecule has 1 aromatic rings. The van der Waals surface area contributed by atoms with Crippen LogP contribution in [0.3, 0.4) is 0 Å². The number of thioether (sulfide) groups is 1. The predicted octanol–water partition coefficient (Wildman–Crippen LogP) is 2.80. The number of ether oxygens (including phenoxy) is 1. The van der Waals surface area contributed by atoms with Crippen LogP contribution in [0.4, 0.5) is 0 Å². The van der Waals surface area contributed by atoms with Gasteiger partial charge in [0.2, 0.25) is 0 Å². The average molecular weight is 379 g/mol. The number of methoxy groups -OCH3 is 1. The van der Waals surface area contributed by atoms with E-state index in [1.165, 1.54) is 10.5 Å². The van der Waals surface area contributed by atoms with Gasteiger partial charge in [-0.15, -0.1) is 11.8 Å². The van der Waals surface area contributed by atoms with E-state index in [-0.39, 0.29) is 6.04 Å². The van der Waals surface area contributed by atoms with E-state index in [0.717, 1.165) is 45.4 Å². The zero-order chi connectivity index (χ0) is 18.6. The van der Waals surface area contributed by atoms with Crippen molar-refractivity contribution in [3.05, 3.63) is 29.8 Å². The quantitative estimate of drug-likeness (QED) is 0.737. The van der Waals surface area contributed by atoms with Gasteiger partial charge < -0.3 is 9.84 Å². The van der Waals surface area contributed by atoms with Crippen LogP contribution in [0.2, 0.25) is 0 Å². The molecule has 0 saturated carbocycles. The van der Waals surface area contributed by atoms with E-state index >= 15 is 0 Å². The minimum atomic E-state index is -0.654. The molecular weight excluding hydrogens is 348 g/mol. The fraction of sp³-hybridized carbons (Fsp3) is 0.650. The second-order valence-corrected chi connectivity index (χ2v) is 8.27. The lowest BCUT2D eigenvalue weighted by Crippen LogP contribution is -2.64. The van der Waals surface area contributed by atoms with Gasteiger partial charge in [-0.05, 0) is 50.2 Å². The molecule has 2 aliphatic rings. The first-order valence-electron chi connectivity index (χ1n) is 9.41. The first-order valence-corrected chi connectivity index (χ1v) is 10.6. The molecule has 2 heterocycles. The fourth-order valence-electron chi connectivity index (χ4n) is 4.67. The van der Waals surface area contributed by atoms with Crippen LogP contribution in [0, 0.1) is 5.41 Å². The van der Waals surface area contributed by atoms with Gasteiger partial charge in [0, 0.05) is 37.7 Å². The Hall–Kier alpha value is -1.08. The predicted molar refractivity (Wildman–Crippen MR) is 105 cm³/mol. The number of likely N-dealkylation sites (tertiary alicyclic amines) is 2. The Morgan fingerprint density at radius 1 is 1.38 bits per heavy atom. The van der Waals surface area contributed by atoms with E-state index in [4.69, 9.17) is 4.74 Å². The summed E-state index contributed by atoms with van der Waals surface area (Å²) in [6, 6.07) is 8.60. The summed E-state index contributed by atoms with van der Waals surface area (Å²) in [7, 11) is 1.70. The van der Waals surface area contributed by atoms with E-state index in [2.05, 4.69) is 40.3 Å². The standard InChI is InChI=1S/C20H30N2O3S/c1-25-13-12-21-11-8-18-20(15-21,19(23)24)9-5-10-22(18)14-16-6-3-4-7-17(16)26-2/h3-4,6-7,18H,5,8-15H2,1-2H3,(H,23,24)/t18-,20+/m1/s1. The molecule has 5 nitrogen and oxygen atoms in total. The summed E-state index contributed by atoms with van der Waals surface area (Å²) in [5.41, 5.74) is 0.654. The summed E-state index contributed by atoms with van der Waals surface area (Å²) in [6.07, 6.45) is 4.74. The molecular formula is C20H30N2O3S. The second kappa shape index (κ2) is 8.74. The van der Waals surface area contributed by atoms with Crippen molar-refractivity contribution in [2.24, 2.45) is 5.41 Å². The zero-order valence-electron chi connectivity index (χ0n) is 15.8. The molecule has 0 bridgehead atoms. The van der Waals surface area contributed by atoms with Crippen LogP contribution in [-0.4, -0.2) is 73.1 Å². The molecule has 0 amide bonds. The summed E-state index contributed by atoms with van der Waals surface area (Å²) in [4.78, 5) is 18.4. The molecule has 26 heavy (non-hydrogen) atoms. The molecule has 0 aliphatic carbocycles. The molecule has 6 heteroatoms. The molecule has 0 radical (unpaired) electrons. The van der Waals surface area contributed by atoms with Crippen molar-refractivity contribution < 1.29 is 14.6 Å². The normalized spacial score (nSPS) is 27.2. The topological polar surface area (TPSA) is 53.0 Å². The number of rotatable bonds is 7. The van der Waals surface area contributed by atoms with E-state index in [1.807, 2.05) is 0 Å². The Kier molecular flexibility index (Phi) is 6.61. The van der Waals surface area contributed by atoms with Crippen LogP contribution >= 0.6 is 11.8 Å². The number of aliphatic carboxylic acids is 1. The van der Waals surface area contributed by atoms with Crippen LogP contribution in [0.15, 0.2) is 29.2 Å². The summed E-state index contributed by atoms with van der Waals surface area (Å²) in [6.45, 7) is 4.88. The molecule has 0 aromatic heterocycles. The van der Waals surface area contributed by atoms with Gasteiger partial charge in [0.1, 0.15) is 0 Å².